The molecule has 1 unspecified atom stereocenters. The Labute approximate surface area is 69.0 Å². The van der Waals surface area contributed by atoms with Gasteiger partial charge in [0.05, 0.1) is 0 Å². The van der Waals surface area contributed by atoms with Crippen LogP contribution in [0.3, 0.4) is 0 Å². The van der Waals surface area contributed by atoms with Crippen molar-refractivity contribution in [3.63, 3.8) is 0 Å². The van der Waals surface area contributed by atoms with Crippen LogP contribution in [-0.4, -0.2) is 5.71 Å². The molecule has 1 rings (SSSR count). The number of nitrogens with one attached hydrogen (secondary N) is 1. The van der Waals surface area contributed by atoms with Gasteiger partial charge in [0.25, 0.3) is 0 Å². The Morgan fingerprint density at radius 3 is 2.64 bits per heavy atom. The first-order chi connectivity index (χ1) is 5.11. The average Bonchev–Trinajstić information content (AvgIpc) is 1.85. The standard InChI is InChI=1S/C10H17N/c1-7(2)9-5-4-8(3)6-10(9)11/h6-7,9,11H,4-5H2,1-3H3. The third kappa shape index (κ3) is 1.92. The van der Waals surface area contributed by atoms with Crippen molar-refractivity contribution in [3.05, 3.63) is 11.6 Å². The van der Waals surface area contributed by atoms with Crippen LogP contribution < -0.4 is 0 Å². The van der Waals surface area contributed by atoms with E-state index in [2.05, 4.69) is 20.8 Å². The van der Waals surface area contributed by atoms with Crippen LogP contribution in [0, 0.1) is 17.2 Å². The highest BCUT2D eigenvalue weighted by Crippen LogP contribution is 2.26. The lowest BCUT2D eigenvalue weighted by Gasteiger charge is -2.24. The van der Waals surface area contributed by atoms with Crippen molar-refractivity contribution in [2.24, 2.45) is 11.8 Å². The van der Waals surface area contributed by atoms with Gasteiger partial charge in [0, 0.05) is 11.6 Å². The van der Waals surface area contributed by atoms with Crippen LogP contribution >= 0.6 is 0 Å². The molecule has 0 aromatic heterocycles. The highest BCUT2D eigenvalue weighted by Gasteiger charge is 2.20. The quantitative estimate of drug-likeness (QED) is 0.595. The molecule has 1 atom stereocenters. The molecule has 0 bridgehead atoms. The summed E-state index contributed by atoms with van der Waals surface area (Å²) in [4.78, 5) is 0. The number of allylic oxidation sites excluding steroid dienone is 2. The monoisotopic (exact) mass is 151 g/mol. The number of hydrogen-bond acceptors (Lipinski definition) is 1. The van der Waals surface area contributed by atoms with Crippen molar-refractivity contribution in [3.8, 4) is 0 Å². The molecule has 0 aromatic carbocycles. The van der Waals surface area contributed by atoms with Crippen LogP contribution in [0.2, 0.25) is 0 Å². The second-order valence-electron chi connectivity index (χ2n) is 3.84. The van der Waals surface area contributed by atoms with Crippen LogP contribution in [-0.2, 0) is 0 Å². The third-order valence-electron chi connectivity index (χ3n) is 2.46. The molecule has 0 heterocycles. The van der Waals surface area contributed by atoms with E-state index >= 15 is 0 Å². The van der Waals surface area contributed by atoms with Crippen LogP contribution in [0.1, 0.15) is 33.6 Å². The Bertz CT molecular complexity index is 189. The van der Waals surface area contributed by atoms with Gasteiger partial charge >= 0.3 is 0 Å². The van der Waals surface area contributed by atoms with Gasteiger partial charge in [0.15, 0.2) is 0 Å². The predicted octanol–water partition coefficient (Wildman–Crippen LogP) is 3.02. The Balaban J connectivity index is 2.68. The highest BCUT2D eigenvalue weighted by molar-refractivity contribution is 5.95. The average molecular weight is 151 g/mol. The van der Waals surface area contributed by atoms with Crippen LogP contribution in [0.4, 0.5) is 0 Å². The summed E-state index contributed by atoms with van der Waals surface area (Å²) in [6.07, 6.45) is 4.40. The lowest BCUT2D eigenvalue weighted by atomic mass is 9.81. The molecule has 0 amide bonds. The van der Waals surface area contributed by atoms with Gasteiger partial charge in [0.1, 0.15) is 0 Å². The van der Waals surface area contributed by atoms with Gasteiger partial charge in [-0.2, -0.15) is 0 Å². The molecule has 0 aromatic rings. The summed E-state index contributed by atoms with van der Waals surface area (Å²) in [6.45, 7) is 6.52. The van der Waals surface area contributed by atoms with Gasteiger partial charge in [0.2, 0.25) is 0 Å². The first kappa shape index (κ1) is 8.51. The minimum atomic E-state index is 0.513. The first-order valence-corrected chi connectivity index (χ1v) is 4.37. The lowest BCUT2D eigenvalue weighted by Crippen LogP contribution is -2.21. The topological polar surface area (TPSA) is 23.9 Å². The Kier molecular flexibility index (Phi) is 2.48. The molecule has 0 saturated carbocycles. The van der Waals surface area contributed by atoms with Crippen LogP contribution in [0.25, 0.3) is 0 Å². The molecule has 62 valence electrons. The van der Waals surface area contributed by atoms with E-state index < -0.39 is 0 Å². The minimum absolute atomic E-state index is 0.513. The number of hydrogen-bond donors (Lipinski definition) is 1. The molecule has 0 spiro atoms. The second kappa shape index (κ2) is 3.21. The van der Waals surface area contributed by atoms with E-state index in [1.165, 1.54) is 18.4 Å². The van der Waals surface area contributed by atoms with E-state index in [4.69, 9.17) is 5.41 Å². The largest absolute Gasteiger partial charge is 0.305 e. The van der Waals surface area contributed by atoms with Gasteiger partial charge in [-0.3, -0.25) is 0 Å². The van der Waals surface area contributed by atoms with Gasteiger partial charge in [-0.15, -0.1) is 0 Å². The Morgan fingerprint density at radius 1 is 1.55 bits per heavy atom. The van der Waals surface area contributed by atoms with E-state index in [1.54, 1.807) is 0 Å². The summed E-state index contributed by atoms with van der Waals surface area (Å²) in [6, 6.07) is 0. The van der Waals surface area contributed by atoms with E-state index in [0.717, 1.165) is 5.71 Å². The van der Waals surface area contributed by atoms with Gasteiger partial charge < -0.3 is 5.41 Å². The molecule has 1 heteroatoms. The summed E-state index contributed by atoms with van der Waals surface area (Å²) in [5.41, 5.74) is 2.20. The van der Waals surface area contributed by atoms with Crippen molar-refractivity contribution in [1.29, 1.82) is 5.41 Å². The SMILES string of the molecule is CC1=CC(=N)C(C(C)C)CC1. The zero-order valence-corrected chi connectivity index (χ0v) is 7.65. The highest BCUT2D eigenvalue weighted by atomic mass is 14.5. The summed E-state index contributed by atoms with van der Waals surface area (Å²) in [5.74, 6) is 1.14. The molecule has 0 radical (unpaired) electrons. The third-order valence-corrected chi connectivity index (χ3v) is 2.46. The Hall–Kier alpha value is -0.590. The Morgan fingerprint density at radius 2 is 2.18 bits per heavy atom. The van der Waals surface area contributed by atoms with Gasteiger partial charge in [-0.05, 0) is 31.8 Å². The van der Waals surface area contributed by atoms with Crippen molar-refractivity contribution in [1.82, 2.24) is 0 Å². The first-order valence-electron chi connectivity index (χ1n) is 4.37. The fourth-order valence-electron chi connectivity index (χ4n) is 1.68. The second-order valence-corrected chi connectivity index (χ2v) is 3.84. The molecule has 1 nitrogen and oxygen atoms in total. The van der Waals surface area contributed by atoms with E-state index in [-0.39, 0.29) is 0 Å². The smallest absolute Gasteiger partial charge is 0.0346 e. The number of rotatable bonds is 1. The van der Waals surface area contributed by atoms with Gasteiger partial charge in [-0.1, -0.05) is 19.4 Å². The predicted molar refractivity (Wildman–Crippen MR) is 49.0 cm³/mol. The zero-order chi connectivity index (χ0) is 8.43. The van der Waals surface area contributed by atoms with E-state index in [1.807, 2.05) is 6.08 Å². The van der Waals surface area contributed by atoms with Crippen molar-refractivity contribution >= 4 is 5.71 Å². The van der Waals surface area contributed by atoms with Crippen molar-refractivity contribution in [2.45, 2.75) is 33.6 Å². The maximum Gasteiger partial charge on any atom is 0.0346 e. The summed E-state index contributed by atoms with van der Waals surface area (Å²) >= 11 is 0. The molecule has 1 aliphatic rings. The summed E-state index contributed by atoms with van der Waals surface area (Å²) in [5, 5.41) is 7.73. The normalized spacial score (nSPS) is 25.6. The van der Waals surface area contributed by atoms with Crippen molar-refractivity contribution < 1.29 is 0 Å². The lowest BCUT2D eigenvalue weighted by molar-refractivity contribution is 0.456. The van der Waals surface area contributed by atoms with E-state index in [0.29, 0.717) is 11.8 Å². The molecule has 0 fully saturated rings. The van der Waals surface area contributed by atoms with Crippen LogP contribution in [0.15, 0.2) is 11.6 Å². The fraction of sp³-hybridized carbons (Fsp3) is 0.700. The minimum Gasteiger partial charge on any atom is -0.305 e. The molecule has 0 saturated heterocycles. The fourth-order valence-corrected chi connectivity index (χ4v) is 1.68. The summed E-state index contributed by atoms with van der Waals surface area (Å²) < 4.78 is 0. The van der Waals surface area contributed by atoms with Crippen LogP contribution in [0.5, 0.6) is 0 Å². The van der Waals surface area contributed by atoms with E-state index in [9.17, 15) is 0 Å². The maximum absolute atomic E-state index is 7.73. The molecular weight excluding hydrogens is 134 g/mol. The molecule has 1 N–H and O–H groups in total. The molecular formula is C10H17N. The van der Waals surface area contributed by atoms with Gasteiger partial charge in [-0.25, -0.2) is 0 Å². The molecule has 11 heavy (non-hydrogen) atoms. The van der Waals surface area contributed by atoms with Crippen molar-refractivity contribution in [2.75, 3.05) is 0 Å². The maximum atomic E-state index is 7.73. The summed E-state index contributed by atoms with van der Waals surface area (Å²) in [7, 11) is 0. The zero-order valence-electron chi connectivity index (χ0n) is 7.65. The molecule has 0 aliphatic heterocycles. The molecule has 1 aliphatic carbocycles.